The number of benzene rings is 1. The van der Waals surface area contributed by atoms with Crippen LogP contribution < -0.4 is 10.6 Å². The predicted molar refractivity (Wildman–Crippen MR) is 125 cm³/mol. The smallest absolute Gasteiger partial charge is 0.254 e. The van der Waals surface area contributed by atoms with Gasteiger partial charge < -0.3 is 20.3 Å². The lowest BCUT2D eigenvalue weighted by atomic mass is 10.1. The third-order valence-electron chi connectivity index (χ3n) is 4.35. The molecule has 0 spiro atoms. The summed E-state index contributed by atoms with van der Waals surface area (Å²) in [4.78, 5) is 19.2. The maximum atomic E-state index is 12.7. The highest BCUT2D eigenvalue weighted by Gasteiger charge is 2.26. The zero-order valence-electron chi connectivity index (χ0n) is 17.7. The molecule has 28 heavy (non-hydrogen) atoms. The van der Waals surface area contributed by atoms with Crippen molar-refractivity contribution in [1.29, 1.82) is 0 Å². The van der Waals surface area contributed by atoms with Crippen molar-refractivity contribution in [3.8, 4) is 0 Å². The van der Waals surface area contributed by atoms with Gasteiger partial charge in [-0.3, -0.25) is 4.79 Å². The maximum Gasteiger partial charge on any atom is 0.254 e. The van der Waals surface area contributed by atoms with Crippen LogP contribution in [0.5, 0.6) is 0 Å². The number of carbonyl (C=O) groups excluding carboxylic acids is 1. The second kappa shape index (κ2) is 12.3. The molecule has 2 N–H and O–H groups in total. The highest BCUT2D eigenvalue weighted by Crippen LogP contribution is 2.15. The van der Waals surface area contributed by atoms with Crippen LogP contribution in [0.25, 0.3) is 0 Å². The lowest BCUT2D eigenvalue weighted by Gasteiger charge is -2.35. The average Bonchev–Trinajstić information content (AvgIpc) is 2.63. The summed E-state index contributed by atoms with van der Waals surface area (Å²) >= 11 is 0. The Balaban J connectivity index is 0.00000392. The van der Waals surface area contributed by atoms with Gasteiger partial charge in [-0.1, -0.05) is 26.0 Å². The fourth-order valence-corrected chi connectivity index (χ4v) is 3.09. The van der Waals surface area contributed by atoms with Gasteiger partial charge >= 0.3 is 0 Å². The van der Waals surface area contributed by atoms with Gasteiger partial charge in [0.05, 0.1) is 18.8 Å². The highest BCUT2D eigenvalue weighted by molar-refractivity contribution is 14.0. The first-order valence-corrected chi connectivity index (χ1v) is 9.94. The summed E-state index contributed by atoms with van der Waals surface area (Å²) in [5.74, 6) is 1.45. The van der Waals surface area contributed by atoms with E-state index < -0.39 is 0 Å². The van der Waals surface area contributed by atoms with Crippen LogP contribution in [0, 0.1) is 5.92 Å². The number of guanidine groups is 1. The number of carbonyl (C=O) groups is 1. The molecule has 2 unspecified atom stereocenters. The van der Waals surface area contributed by atoms with Gasteiger partial charge in [-0.05, 0) is 44.4 Å². The Morgan fingerprint density at radius 2 is 1.79 bits per heavy atom. The number of hydrogen-bond donors (Lipinski definition) is 2. The van der Waals surface area contributed by atoms with E-state index in [0.717, 1.165) is 24.6 Å². The SMILES string of the molecule is CCNC(=NCc1ccc(C(=O)N2CC(C)OC(C)C2)cc1)NCC(C)C.I. The van der Waals surface area contributed by atoms with Crippen LogP contribution in [-0.4, -0.2) is 55.2 Å². The molecule has 1 fully saturated rings. The molecule has 1 heterocycles. The Morgan fingerprint density at radius 3 is 2.32 bits per heavy atom. The van der Waals surface area contributed by atoms with Crippen molar-refractivity contribution in [3.63, 3.8) is 0 Å². The summed E-state index contributed by atoms with van der Waals surface area (Å²) in [7, 11) is 0. The van der Waals surface area contributed by atoms with Gasteiger partial charge in [-0.25, -0.2) is 4.99 Å². The standard InChI is InChI=1S/C21H34N4O2.HI/c1-6-22-21(23-11-15(2)3)24-12-18-7-9-19(10-8-18)20(26)25-13-16(4)27-17(5)14-25;/h7-10,15-17H,6,11-14H2,1-5H3,(H2,22,23,24);1H. The third-order valence-corrected chi connectivity index (χ3v) is 4.35. The average molecular weight is 502 g/mol. The molecule has 1 aromatic carbocycles. The molecule has 0 aromatic heterocycles. The number of nitrogens with one attached hydrogen (secondary N) is 2. The van der Waals surface area contributed by atoms with Crippen LogP contribution in [-0.2, 0) is 11.3 Å². The third kappa shape index (κ3) is 7.95. The Kier molecular flexibility index (Phi) is 10.8. The van der Waals surface area contributed by atoms with E-state index in [4.69, 9.17) is 4.74 Å². The van der Waals surface area contributed by atoms with E-state index in [1.165, 1.54) is 0 Å². The number of morpholine rings is 1. The van der Waals surface area contributed by atoms with Crippen LogP contribution >= 0.6 is 24.0 Å². The summed E-state index contributed by atoms with van der Waals surface area (Å²) in [6.45, 7) is 14.0. The summed E-state index contributed by atoms with van der Waals surface area (Å²) in [5, 5.41) is 6.59. The molecule has 0 saturated carbocycles. The molecule has 0 radical (unpaired) electrons. The van der Waals surface area contributed by atoms with Crippen molar-refractivity contribution in [3.05, 3.63) is 35.4 Å². The second-order valence-electron chi connectivity index (χ2n) is 7.63. The van der Waals surface area contributed by atoms with Crippen LogP contribution in [0.3, 0.4) is 0 Å². The molecule has 1 aromatic rings. The zero-order chi connectivity index (χ0) is 19.8. The van der Waals surface area contributed by atoms with Crippen LogP contribution in [0.1, 0.15) is 50.5 Å². The first-order valence-electron chi connectivity index (χ1n) is 9.94. The van der Waals surface area contributed by atoms with Crippen molar-refractivity contribution >= 4 is 35.8 Å². The second-order valence-corrected chi connectivity index (χ2v) is 7.63. The van der Waals surface area contributed by atoms with E-state index in [0.29, 0.717) is 31.1 Å². The lowest BCUT2D eigenvalue weighted by Crippen LogP contribution is -2.48. The maximum absolute atomic E-state index is 12.7. The van der Waals surface area contributed by atoms with Crippen molar-refractivity contribution in [2.75, 3.05) is 26.2 Å². The van der Waals surface area contributed by atoms with Crippen LogP contribution in [0.2, 0.25) is 0 Å². The number of ether oxygens (including phenoxy) is 1. The molecule has 1 aliphatic rings. The van der Waals surface area contributed by atoms with E-state index in [1.54, 1.807) is 0 Å². The minimum absolute atomic E-state index is 0. The van der Waals surface area contributed by atoms with Gasteiger partial charge in [0.2, 0.25) is 0 Å². The van der Waals surface area contributed by atoms with E-state index in [1.807, 2.05) is 43.0 Å². The topological polar surface area (TPSA) is 66.0 Å². The summed E-state index contributed by atoms with van der Waals surface area (Å²) in [5.41, 5.74) is 1.80. The molecular weight excluding hydrogens is 467 g/mol. The molecule has 1 amide bonds. The van der Waals surface area contributed by atoms with Gasteiger partial charge in [0.15, 0.2) is 5.96 Å². The Hall–Kier alpha value is -1.35. The summed E-state index contributed by atoms with van der Waals surface area (Å²) < 4.78 is 5.71. The minimum Gasteiger partial charge on any atom is -0.372 e. The van der Waals surface area contributed by atoms with Crippen LogP contribution in [0.4, 0.5) is 0 Å². The first kappa shape index (κ1) is 24.7. The van der Waals surface area contributed by atoms with E-state index >= 15 is 0 Å². The van der Waals surface area contributed by atoms with Gasteiger partial charge in [0, 0.05) is 31.7 Å². The Bertz CT molecular complexity index is 624. The molecule has 7 heteroatoms. The monoisotopic (exact) mass is 502 g/mol. The fourth-order valence-electron chi connectivity index (χ4n) is 3.09. The molecule has 2 atom stereocenters. The molecule has 0 aliphatic carbocycles. The predicted octanol–water partition coefficient (Wildman–Crippen LogP) is 3.27. The molecule has 158 valence electrons. The van der Waals surface area contributed by atoms with Gasteiger partial charge in [0.1, 0.15) is 0 Å². The molecule has 2 rings (SSSR count). The normalized spacial score (nSPS) is 19.9. The van der Waals surface area contributed by atoms with Crippen molar-refractivity contribution < 1.29 is 9.53 Å². The number of aliphatic imine (C=N–C) groups is 1. The summed E-state index contributed by atoms with van der Waals surface area (Å²) in [6.07, 6.45) is 0.156. The Labute approximate surface area is 186 Å². The van der Waals surface area contributed by atoms with Gasteiger partial charge in [-0.2, -0.15) is 0 Å². The minimum atomic E-state index is 0. The highest BCUT2D eigenvalue weighted by atomic mass is 127. The van der Waals surface area contributed by atoms with Gasteiger partial charge in [-0.15, -0.1) is 24.0 Å². The lowest BCUT2D eigenvalue weighted by molar-refractivity contribution is -0.0586. The van der Waals surface area contributed by atoms with E-state index in [2.05, 4.69) is 36.4 Å². The largest absolute Gasteiger partial charge is 0.372 e. The van der Waals surface area contributed by atoms with Crippen molar-refractivity contribution in [1.82, 2.24) is 15.5 Å². The number of rotatable bonds is 6. The molecular formula is C21H35IN4O2. The van der Waals surface area contributed by atoms with E-state index in [-0.39, 0.29) is 42.1 Å². The Morgan fingerprint density at radius 1 is 1.18 bits per heavy atom. The van der Waals surface area contributed by atoms with Crippen molar-refractivity contribution in [2.24, 2.45) is 10.9 Å². The van der Waals surface area contributed by atoms with Gasteiger partial charge in [0.25, 0.3) is 5.91 Å². The number of amides is 1. The molecule has 0 bridgehead atoms. The molecule has 1 saturated heterocycles. The van der Waals surface area contributed by atoms with E-state index in [9.17, 15) is 4.79 Å². The molecule has 6 nitrogen and oxygen atoms in total. The van der Waals surface area contributed by atoms with Crippen molar-refractivity contribution in [2.45, 2.75) is 53.4 Å². The number of halogens is 1. The zero-order valence-corrected chi connectivity index (χ0v) is 20.0. The number of nitrogens with zero attached hydrogens (tertiary/aromatic N) is 2. The number of hydrogen-bond acceptors (Lipinski definition) is 3. The molecule has 1 aliphatic heterocycles. The summed E-state index contributed by atoms with van der Waals surface area (Å²) in [6, 6.07) is 7.75. The quantitative estimate of drug-likeness (QED) is 0.356. The van der Waals surface area contributed by atoms with Crippen LogP contribution in [0.15, 0.2) is 29.3 Å². The fraction of sp³-hybridized carbons (Fsp3) is 0.619. The first-order chi connectivity index (χ1) is 12.9.